The lowest BCUT2D eigenvalue weighted by atomic mass is 9.85. The summed E-state index contributed by atoms with van der Waals surface area (Å²) in [5.74, 6) is -0.893. The number of para-hydroxylation sites is 1. The molecule has 0 aliphatic heterocycles. The summed E-state index contributed by atoms with van der Waals surface area (Å²) < 4.78 is 0. The van der Waals surface area contributed by atoms with Crippen LogP contribution in [-0.2, 0) is 9.59 Å². The quantitative estimate of drug-likeness (QED) is 0.381. The van der Waals surface area contributed by atoms with Gasteiger partial charge in [-0.25, -0.2) is 0 Å². The number of ketones is 1. The summed E-state index contributed by atoms with van der Waals surface area (Å²) in [5.41, 5.74) is -0.549. The minimum atomic E-state index is -0.786. The van der Waals surface area contributed by atoms with Crippen LogP contribution < -0.4 is 5.32 Å². The topological polar surface area (TPSA) is 90.2 Å². The summed E-state index contributed by atoms with van der Waals surface area (Å²) in [6.45, 7) is 4.99. The van der Waals surface area contributed by atoms with E-state index in [4.69, 9.17) is 5.26 Å². The molecule has 0 aliphatic carbocycles. The van der Waals surface area contributed by atoms with E-state index in [9.17, 15) is 14.7 Å². The number of nitrogens with zero attached hydrogens (tertiary/aromatic N) is 1. The number of aliphatic hydroxyl groups excluding tert-OH is 1. The molecule has 20 heavy (non-hydrogen) atoms. The van der Waals surface area contributed by atoms with Crippen molar-refractivity contribution in [3.05, 3.63) is 35.4 Å². The summed E-state index contributed by atoms with van der Waals surface area (Å²) in [4.78, 5) is 22.7. The molecule has 5 heteroatoms. The van der Waals surface area contributed by atoms with E-state index in [2.05, 4.69) is 5.32 Å². The number of anilines is 1. The van der Waals surface area contributed by atoms with Gasteiger partial charge in [-0.15, -0.1) is 0 Å². The first-order chi connectivity index (χ1) is 9.32. The van der Waals surface area contributed by atoms with Gasteiger partial charge in [0.05, 0.1) is 5.69 Å². The van der Waals surface area contributed by atoms with Gasteiger partial charge in [0, 0.05) is 11.0 Å². The predicted molar refractivity (Wildman–Crippen MR) is 75.8 cm³/mol. The molecule has 0 unspecified atom stereocenters. The highest BCUT2D eigenvalue weighted by Gasteiger charge is 2.28. The van der Waals surface area contributed by atoms with Gasteiger partial charge in [0.1, 0.15) is 17.4 Å². The molecule has 0 atom stereocenters. The summed E-state index contributed by atoms with van der Waals surface area (Å²) >= 11 is 0. The Morgan fingerprint density at radius 3 is 2.45 bits per heavy atom. The van der Waals surface area contributed by atoms with Crippen molar-refractivity contribution in [2.45, 2.75) is 20.8 Å². The maximum absolute atomic E-state index is 12.1. The molecule has 104 valence electrons. The van der Waals surface area contributed by atoms with Crippen molar-refractivity contribution >= 4 is 23.6 Å². The molecule has 1 aromatic rings. The highest BCUT2D eigenvalue weighted by Crippen LogP contribution is 2.28. The van der Waals surface area contributed by atoms with Crippen LogP contribution in [-0.4, -0.2) is 17.3 Å². The molecular formula is C15H16N2O3. The van der Waals surface area contributed by atoms with E-state index in [1.165, 1.54) is 6.07 Å². The van der Waals surface area contributed by atoms with Crippen molar-refractivity contribution < 1.29 is 14.7 Å². The second kappa shape index (κ2) is 6.02. The summed E-state index contributed by atoms with van der Waals surface area (Å²) in [5, 5.41) is 21.8. The molecule has 0 radical (unpaired) electrons. The molecule has 1 amide bonds. The SMILES string of the molecule is CC(C)(C)C(=O)/C(C#N)=C(\O)c1ccccc1NC=O. The van der Waals surface area contributed by atoms with E-state index in [1.807, 2.05) is 0 Å². The molecular weight excluding hydrogens is 256 g/mol. The zero-order valence-electron chi connectivity index (χ0n) is 11.6. The van der Waals surface area contributed by atoms with Crippen molar-refractivity contribution in [2.75, 3.05) is 5.32 Å². The number of hydrogen-bond acceptors (Lipinski definition) is 4. The van der Waals surface area contributed by atoms with Crippen LogP contribution >= 0.6 is 0 Å². The molecule has 0 aliphatic rings. The smallest absolute Gasteiger partial charge is 0.211 e. The zero-order chi connectivity index (χ0) is 15.3. The van der Waals surface area contributed by atoms with Gasteiger partial charge in [-0.1, -0.05) is 32.9 Å². The lowest BCUT2D eigenvalue weighted by Crippen LogP contribution is -2.22. The van der Waals surface area contributed by atoms with Crippen LogP contribution in [0.25, 0.3) is 5.76 Å². The number of benzene rings is 1. The molecule has 0 saturated carbocycles. The van der Waals surface area contributed by atoms with Crippen molar-refractivity contribution in [1.82, 2.24) is 0 Å². The Hall–Kier alpha value is -2.61. The molecule has 1 aromatic carbocycles. The fraction of sp³-hybridized carbons (Fsp3) is 0.267. The molecule has 0 spiro atoms. The fourth-order valence-corrected chi connectivity index (χ4v) is 1.60. The predicted octanol–water partition coefficient (Wildman–Crippen LogP) is 2.66. The third-order valence-electron chi connectivity index (χ3n) is 2.65. The van der Waals surface area contributed by atoms with Gasteiger partial charge in [-0.2, -0.15) is 5.26 Å². The van der Waals surface area contributed by atoms with Crippen LogP contribution in [0.2, 0.25) is 0 Å². The molecule has 0 saturated heterocycles. The third-order valence-corrected chi connectivity index (χ3v) is 2.65. The van der Waals surface area contributed by atoms with E-state index in [1.54, 1.807) is 45.0 Å². The van der Waals surface area contributed by atoms with E-state index in [0.29, 0.717) is 12.1 Å². The first kappa shape index (κ1) is 15.4. The van der Waals surface area contributed by atoms with Gasteiger partial charge < -0.3 is 10.4 Å². The second-order valence-electron chi connectivity index (χ2n) is 5.22. The summed E-state index contributed by atoms with van der Waals surface area (Å²) in [6, 6.07) is 8.13. The molecule has 0 heterocycles. The Labute approximate surface area is 117 Å². The third kappa shape index (κ3) is 3.23. The Kier molecular flexibility index (Phi) is 4.65. The molecule has 0 fully saturated rings. The van der Waals surface area contributed by atoms with E-state index in [-0.39, 0.29) is 11.1 Å². The van der Waals surface area contributed by atoms with Crippen LogP contribution in [0.1, 0.15) is 26.3 Å². The molecule has 0 aromatic heterocycles. The number of carbonyl (C=O) groups excluding carboxylic acids is 2. The Bertz CT molecular complexity index is 604. The first-order valence-electron chi connectivity index (χ1n) is 6.00. The molecule has 2 N–H and O–H groups in total. The van der Waals surface area contributed by atoms with Gasteiger partial charge in [0.2, 0.25) is 6.41 Å². The molecule has 1 rings (SSSR count). The van der Waals surface area contributed by atoms with Crippen LogP contribution in [0.15, 0.2) is 29.8 Å². The molecule has 0 bridgehead atoms. The van der Waals surface area contributed by atoms with Crippen molar-refractivity contribution in [2.24, 2.45) is 5.41 Å². The van der Waals surface area contributed by atoms with Crippen LogP contribution in [0.5, 0.6) is 0 Å². The van der Waals surface area contributed by atoms with Gasteiger partial charge in [-0.05, 0) is 12.1 Å². The average molecular weight is 272 g/mol. The van der Waals surface area contributed by atoms with Crippen molar-refractivity contribution in [1.29, 1.82) is 5.26 Å². The minimum Gasteiger partial charge on any atom is -0.506 e. The Morgan fingerprint density at radius 2 is 1.95 bits per heavy atom. The monoisotopic (exact) mass is 272 g/mol. The van der Waals surface area contributed by atoms with Gasteiger partial charge in [-0.3, -0.25) is 9.59 Å². The standard InChI is InChI=1S/C15H16N2O3/c1-15(2,3)14(20)11(8-16)13(19)10-6-4-5-7-12(10)17-9-18/h4-7,9,19H,1-3H3,(H,17,18)/b13-11-. The summed E-state index contributed by atoms with van der Waals surface area (Å²) in [7, 11) is 0. The maximum atomic E-state index is 12.1. The lowest BCUT2D eigenvalue weighted by Gasteiger charge is -2.17. The van der Waals surface area contributed by atoms with Crippen LogP contribution in [0.3, 0.4) is 0 Å². The number of amides is 1. The Balaban J connectivity index is 3.43. The number of rotatable bonds is 4. The van der Waals surface area contributed by atoms with E-state index >= 15 is 0 Å². The largest absolute Gasteiger partial charge is 0.506 e. The number of Topliss-reactive ketones (excluding diaryl/α,β-unsaturated/α-hetero) is 1. The van der Waals surface area contributed by atoms with Crippen LogP contribution in [0.4, 0.5) is 5.69 Å². The second-order valence-corrected chi connectivity index (χ2v) is 5.22. The fourth-order valence-electron chi connectivity index (χ4n) is 1.60. The van der Waals surface area contributed by atoms with Crippen molar-refractivity contribution in [3.63, 3.8) is 0 Å². The van der Waals surface area contributed by atoms with Gasteiger partial charge in [0.25, 0.3) is 0 Å². The average Bonchev–Trinajstić information content (AvgIpc) is 2.39. The number of nitrogens with one attached hydrogen (secondary N) is 1. The number of carbonyl (C=O) groups is 2. The highest BCUT2D eigenvalue weighted by molar-refractivity contribution is 6.08. The maximum Gasteiger partial charge on any atom is 0.211 e. The number of nitriles is 1. The van der Waals surface area contributed by atoms with E-state index in [0.717, 1.165) is 0 Å². The highest BCUT2D eigenvalue weighted by atomic mass is 16.3. The molecule has 5 nitrogen and oxygen atoms in total. The van der Waals surface area contributed by atoms with Gasteiger partial charge >= 0.3 is 0 Å². The number of hydrogen-bond donors (Lipinski definition) is 2. The minimum absolute atomic E-state index is 0.230. The zero-order valence-corrected chi connectivity index (χ0v) is 11.6. The van der Waals surface area contributed by atoms with Gasteiger partial charge in [0.15, 0.2) is 5.78 Å². The number of allylic oxidation sites excluding steroid dienone is 1. The van der Waals surface area contributed by atoms with E-state index < -0.39 is 17.0 Å². The van der Waals surface area contributed by atoms with Crippen molar-refractivity contribution in [3.8, 4) is 6.07 Å². The summed E-state index contributed by atoms with van der Waals surface area (Å²) in [6.07, 6.45) is 0.462. The lowest BCUT2D eigenvalue weighted by molar-refractivity contribution is -0.122. The van der Waals surface area contributed by atoms with Crippen LogP contribution in [0, 0.1) is 16.7 Å². The first-order valence-corrected chi connectivity index (χ1v) is 6.00. The Morgan fingerprint density at radius 1 is 1.35 bits per heavy atom. The number of aliphatic hydroxyl groups is 1. The normalized spacial score (nSPS) is 12.1.